The van der Waals surface area contributed by atoms with Crippen LogP contribution in [-0.4, -0.2) is 11.0 Å². The predicted octanol–water partition coefficient (Wildman–Crippen LogP) is 6.36. The van der Waals surface area contributed by atoms with Gasteiger partial charge in [-0.2, -0.15) is 13.2 Å². The van der Waals surface area contributed by atoms with Gasteiger partial charge in [0.2, 0.25) is 0 Å². The van der Waals surface area contributed by atoms with Crippen LogP contribution in [0.1, 0.15) is 27.2 Å². The molecule has 1 aromatic heterocycles. The molecule has 1 heterocycles. The zero-order chi connectivity index (χ0) is 22.1. The molecule has 0 radical (unpaired) electrons. The molecule has 1 amide bonds. The van der Waals surface area contributed by atoms with Crippen molar-refractivity contribution in [2.75, 3.05) is 5.32 Å². The molecule has 30 heavy (non-hydrogen) atoms. The monoisotopic (exact) mass is 452 g/mol. The third-order valence-corrected chi connectivity index (χ3v) is 4.82. The van der Waals surface area contributed by atoms with Gasteiger partial charge in [-0.1, -0.05) is 23.7 Å². The quantitative estimate of drug-likeness (QED) is 0.454. The molecule has 2 aromatic carbocycles. The lowest BCUT2D eigenvalue weighted by molar-refractivity contribution is -0.136. The van der Waals surface area contributed by atoms with E-state index in [1.807, 2.05) is 32.0 Å². The summed E-state index contributed by atoms with van der Waals surface area (Å²) in [5.74, 6) is -0.233. The van der Waals surface area contributed by atoms with Gasteiger partial charge in [0.15, 0.2) is 10.9 Å². The number of carbonyl (C=O) groups excluding carboxylic acids is 1. The van der Waals surface area contributed by atoms with E-state index in [0.717, 1.165) is 28.8 Å². The lowest BCUT2D eigenvalue weighted by Gasteiger charge is -2.15. The van der Waals surface area contributed by atoms with Gasteiger partial charge in [0, 0.05) is 10.6 Å². The van der Waals surface area contributed by atoms with E-state index >= 15 is 0 Å². The largest absolute Gasteiger partial charge is 0.451 e. The number of benzene rings is 2. The Bertz CT molecular complexity index is 1130. The van der Waals surface area contributed by atoms with Crippen LogP contribution in [0.5, 0.6) is 0 Å². The SMILES string of the molecule is Cc1ccc(-c2ccc(C(=O)NC(=S)Nc3ccc(Cl)cc3C(F)(F)F)o2)cc1C. The Morgan fingerprint density at radius 3 is 2.43 bits per heavy atom. The van der Waals surface area contributed by atoms with E-state index in [4.69, 9.17) is 28.2 Å². The summed E-state index contributed by atoms with van der Waals surface area (Å²) in [5.41, 5.74) is 1.67. The molecule has 0 aliphatic heterocycles. The van der Waals surface area contributed by atoms with Gasteiger partial charge in [-0.05, 0) is 73.6 Å². The van der Waals surface area contributed by atoms with Crippen molar-refractivity contribution >= 4 is 40.5 Å². The minimum absolute atomic E-state index is 0.0282. The summed E-state index contributed by atoms with van der Waals surface area (Å²) < 4.78 is 45.1. The number of rotatable bonds is 3. The first-order valence-electron chi connectivity index (χ1n) is 8.71. The van der Waals surface area contributed by atoms with Gasteiger partial charge in [0.1, 0.15) is 5.76 Å². The van der Waals surface area contributed by atoms with E-state index in [1.54, 1.807) is 6.07 Å². The lowest BCUT2D eigenvalue weighted by atomic mass is 10.1. The van der Waals surface area contributed by atoms with Crippen LogP contribution >= 0.6 is 23.8 Å². The van der Waals surface area contributed by atoms with Crippen molar-refractivity contribution in [1.82, 2.24) is 5.32 Å². The highest BCUT2D eigenvalue weighted by Gasteiger charge is 2.34. The molecule has 0 saturated carbocycles. The summed E-state index contributed by atoms with van der Waals surface area (Å²) >= 11 is 10.6. The zero-order valence-corrected chi connectivity index (χ0v) is 17.4. The van der Waals surface area contributed by atoms with Gasteiger partial charge in [-0.3, -0.25) is 10.1 Å². The van der Waals surface area contributed by atoms with Gasteiger partial charge >= 0.3 is 6.18 Å². The van der Waals surface area contributed by atoms with Crippen molar-refractivity contribution in [2.24, 2.45) is 0 Å². The second kappa shape index (κ2) is 8.49. The molecule has 0 atom stereocenters. The first-order valence-corrected chi connectivity index (χ1v) is 9.50. The van der Waals surface area contributed by atoms with Crippen LogP contribution < -0.4 is 10.6 Å². The maximum Gasteiger partial charge on any atom is 0.418 e. The summed E-state index contributed by atoms with van der Waals surface area (Å²) in [6.45, 7) is 3.95. The number of halogens is 4. The highest BCUT2D eigenvalue weighted by Crippen LogP contribution is 2.36. The van der Waals surface area contributed by atoms with E-state index in [0.29, 0.717) is 5.76 Å². The maximum absolute atomic E-state index is 13.2. The number of hydrogen-bond donors (Lipinski definition) is 2. The third kappa shape index (κ3) is 5.01. The number of amides is 1. The van der Waals surface area contributed by atoms with Crippen LogP contribution in [0.2, 0.25) is 5.02 Å². The minimum atomic E-state index is -4.64. The molecule has 0 aliphatic carbocycles. The molecule has 4 nitrogen and oxygen atoms in total. The molecule has 0 unspecified atom stereocenters. The first-order chi connectivity index (χ1) is 14.0. The van der Waals surface area contributed by atoms with Crippen LogP contribution in [0, 0.1) is 13.8 Å². The fraction of sp³-hybridized carbons (Fsp3) is 0.143. The number of alkyl halides is 3. The summed E-state index contributed by atoms with van der Waals surface area (Å²) in [5, 5.41) is 4.31. The van der Waals surface area contributed by atoms with Crippen molar-refractivity contribution in [3.8, 4) is 11.3 Å². The first kappa shape index (κ1) is 21.9. The van der Waals surface area contributed by atoms with Gasteiger partial charge in [0.25, 0.3) is 5.91 Å². The van der Waals surface area contributed by atoms with E-state index in [-0.39, 0.29) is 21.6 Å². The van der Waals surface area contributed by atoms with Crippen LogP contribution in [-0.2, 0) is 6.18 Å². The van der Waals surface area contributed by atoms with E-state index in [1.165, 1.54) is 12.1 Å². The Labute approximate surface area is 181 Å². The number of anilines is 1. The van der Waals surface area contributed by atoms with Gasteiger partial charge in [-0.25, -0.2) is 0 Å². The van der Waals surface area contributed by atoms with Crippen LogP contribution in [0.25, 0.3) is 11.3 Å². The van der Waals surface area contributed by atoms with Crippen LogP contribution in [0.3, 0.4) is 0 Å². The normalized spacial score (nSPS) is 11.3. The van der Waals surface area contributed by atoms with E-state index in [2.05, 4.69) is 10.6 Å². The summed E-state index contributed by atoms with van der Waals surface area (Å²) in [7, 11) is 0. The van der Waals surface area contributed by atoms with Gasteiger partial charge in [0.05, 0.1) is 11.3 Å². The Morgan fingerprint density at radius 2 is 1.77 bits per heavy atom. The molecule has 0 bridgehead atoms. The highest BCUT2D eigenvalue weighted by molar-refractivity contribution is 7.80. The molecule has 156 valence electrons. The fourth-order valence-corrected chi connectivity index (χ4v) is 3.06. The maximum atomic E-state index is 13.2. The van der Waals surface area contributed by atoms with Crippen LogP contribution in [0.4, 0.5) is 18.9 Å². The number of nitrogens with one attached hydrogen (secondary N) is 2. The number of aryl methyl sites for hydroxylation is 2. The second-order valence-corrected chi connectivity index (χ2v) is 7.40. The summed E-state index contributed by atoms with van der Waals surface area (Å²) in [6, 6.07) is 12.0. The number of carbonyl (C=O) groups is 1. The second-order valence-electron chi connectivity index (χ2n) is 6.56. The topological polar surface area (TPSA) is 54.3 Å². The Kier molecular flexibility index (Phi) is 6.19. The van der Waals surface area contributed by atoms with Crippen LogP contribution in [0.15, 0.2) is 52.9 Å². The van der Waals surface area contributed by atoms with E-state index < -0.39 is 17.6 Å². The van der Waals surface area contributed by atoms with Gasteiger partial charge < -0.3 is 9.73 Å². The summed E-state index contributed by atoms with van der Waals surface area (Å²) in [4.78, 5) is 12.4. The molecular weight excluding hydrogens is 437 g/mol. The molecule has 0 fully saturated rings. The zero-order valence-electron chi connectivity index (χ0n) is 15.9. The average molecular weight is 453 g/mol. The Hall–Kier alpha value is -2.84. The summed E-state index contributed by atoms with van der Waals surface area (Å²) in [6.07, 6.45) is -4.64. The van der Waals surface area contributed by atoms with Gasteiger partial charge in [-0.15, -0.1) is 0 Å². The van der Waals surface area contributed by atoms with Crippen molar-refractivity contribution in [3.63, 3.8) is 0 Å². The molecule has 2 N–H and O–H groups in total. The highest BCUT2D eigenvalue weighted by atomic mass is 35.5. The smallest absolute Gasteiger partial charge is 0.418 e. The number of furan rings is 1. The molecule has 3 aromatic rings. The number of hydrogen-bond acceptors (Lipinski definition) is 3. The van der Waals surface area contributed by atoms with Crippen molar-refractivity contribution in [3.05, 3.63) is 76.0 Å². The standard InChI is InChI=1S/C21H16ClF3N2O2S/c1-11-3-4-13(9-12(11)2)17-7-8-18(29-17)19(28)27-20(30)26-16-6-5-14(22)10-15(16)21(23,24)25/h3-10H,1-2H3,(H2,26,27,28,30). The third-order valence-electron chi connectivity index (χ3n) is 4.38. The molecule has 9 heteroatoms. The lowest BCUT2D eigenvalue weighted by Crippen LogP contribution is -2.34. The fourth-order valence-electron chi connectivity index (χ4n) is 2.69. The molecule has 0 spiro atoms. The number of thiocarbonyl (C=S) groups is 1. The predicted molar refractivity (Wildman–Crippen MR) is 114 cm³/mol. The Morgan fingerprint density at radius 1 is 1.03 bits per heavy atom. The Balaban J connectivity index is 1.72. The average Bonchev–Trinajstić information content (AvgIpc) is 3.15. The molecule has 0 aliphatic rings. The molecule has 0 saturated heterocycles. The van der Waals surface area contributed by atoms with E-state index in [9.17, 15) is 18.0 Å². The van der Waals surface area contributed by atoms with Crippen molar-refractivity contribution in [1.29, 1.82) is 0 Å². The van der Waals surface area contributed by atoms with Crippen molar-refractivity contribution < 1.29 is 22.4 Å². The molecular formula is C21H16ClF3N2O2S. The molecule has 3 rings (SSSR count). The minimum Gasteiger partial charge on any atom is -0.451 e. The van der Waals surface area contributed by atoms with Crippen molar-refractivity contribution in [2.45, 2.75) is 20.0 Å².